The zero-order chi connectivity index (χ0) is 13.0. The third-order valence-corrected chi connectivity index (χ3v) is 3.04. The maximum absolute atomic E-state index is 12.5. The van der Waals surface area contributed by atoms with Gasteiger partial charge in [-0.05, 0) is 18.6 Å². The summed E-state index contributed by atoms with van der Waals surface area (Å²) in [6.07, 6.45) is -2.33. The minimum atomic E-state index is -2.51. The molecule has 0 saturated carbocycles. The number of hydrogen-bond donors (Lipinski definition) is 1. The maximum Gasteiger partial charge on any atom is 0.263 e. The van der Waals surface area contributed by atoms with Crippen molar-refractivity contribution in [3.63, 3.8) is 0 Å². The number of benzene rings is 1. The molecule has 1 aliphatic heterocycles. The molecule has 1 aliphatic rings. The molecule has 2 rings (SSSR count). The molecule has 0 radical (unpaired) electrons. The van der Waals surface area contributed by atoms with Crippen LogP contribution in [0.3, 0.4) is 0 Å². The van der Waals surface area contributed by atoms with E-state index in [-0.39, 0.29) is 18.1 Å². The summed E-state index contributed by atoms with van der Waals surface area (Å²) in [5.41, 5.74) is -0.0776. The summed E-state index contributed by atoms with van der Waals surface area (Å²) in [6, 6.07) is 5.76. The highest BCUT2D eigenvalue weighted by Crippen LogP contribution is 2.23. The fourth-order valence-electron chi connectivity index (χ4n) is 1.91. The van der Waals surface area contributed by atoms with Crippen molar-refractivity contribution in [1.82, 2.24) is 0 Å². The highest BCUT2D eigenvalue weighted by molar-refractivity contribution is 5.29. The van der Waals surface area contributed by atoms with Crippen LogP contribution >= 0.6 is 0 Å². The maximum atomic E-state index is 12.5. The van der Waals surface area contributed by atoms with Crippen molar-refractivity contribution in [2.75, 3.05) is 19.8 Å². The molecule has 100 valence electrons. The van der Waals surface area contributed by atoms with Gasteiger partial charge in [0.1, 0.15) is 12.4 Å². The molecule has 1 aromatic rings. The van der Waals surface area contributed by atoms with Crippen LogP contribution in [0, 0.1) is 5.92 Å². The van der Waals surface area contributed by atoms with Gasteiger partial charge in [-0.3, -0.25) is 0 Å². The lowest BCUT2D eigenvalue weighted by molar-refractivity contribution is 0.0498. The summed E-state index contributed by atoms with van der Waals surface area (Å²) in [7, 11) is 0. The van der Waals surface area contributed by atoms with Crippen molar-refractivity contribution in [3.8, 4) is 5.75 Å². The molecular weight excluding hydrogens is 242 g/mol. The smallest absolute Gasteiger partial charge is 0.263 e. The minimum absolute atomic E-state index is 0.0725. The van der Waals surface area contributed by atoms with Gasteiger partial charge in [-0.2, -0.15) is 0 Å². The first-order chi connectivity index (χ1) is 8.66. The summed E-state index contributed by atoms with van der Waals surface area (Å²) >= 11 is 0. The van der Waals surface area contributed by atoms with Crippen LogP contribution in [0.5, 0.6) is 5.75 Å². The SMILES string of the molecule is OC(COc1cccc(C(F)F)c1)C1CCOC1. The number of aliphatic hydroxyl groups excluding tert-OH is 1. The highest BCUT2D eigenvalue weighted by Gasteiger charge is 2.24. The summed E-state index contributed by atoms with van der Waals surface area (Å²) in [6.45, 7) is 1.28. The van der Waals surface area contributed by atoms with E-state index in [1.807, 2.05) is 0 Å². The van der Waals surface area contributed by atoms with E-state index in [4.69, 9.17) is 9.47 Å². The van der Waals surface area contributed by atoms with Gasteiger partial charge in [-0.15, -0.1) is 0 Å². The second kappa shape index (κ2) is 6.11. The number of aliphatic hydroxyl groups is 1. The van der Waals surface area contributed by atoms with Gasteiger partial charge < -0.3 is 14.6 Å². The Hall–Kier alpha value is -1.20. The van der Waals surface area contributed by atoms with Gasteiger partial charge >= 0.3 is 0 Å². The Labute approximate surface area is 104 Å². The fourth-order valence-corrected chi connectivity index (χ4v) is 1.91. The molecule has 1 fully saturated rings. The second-order valence-corrected chi connectivity index (χ2v) is 4.38. The van der Waals surface area contributed by atoms with Crippen molar-refractivity contribution >= 4 is 0 Å². The molecule has 0 bridgehead atoms. The van der Waals surface area contributed by atoms with Crippen molar-refractivity contribution in [2.45, 2.75) is 19.0 Å². The lowest BCUT2D eigenvalue weighted by Crippen LogP contribution is -2.27. The zero-order valence-corrected chi connectivity index (χ0v) is 9.89. The summed E-state index contributed by atoms with van der Waals surface area (Å²) in [5, 5.41) is 9.84. The van der Waals surface area contributed by atoms with Crippen molar-refractivity contribution in [3.05, 3.63) is 29.8 Å². The van der Waals surface area contributed by atoms with E-state index in [9.17, 15) is 13.9 Å². The Kier molecular flexibility index (Phi) is 4.49. The molecule has 1 N–H and O–H groups in total. The molecule has 5 heteroatoms. The van der Waals surface area contributed by atoms with E-state index in [1.165, 1.54) is 18.2 Å². The molecule has 18 heavy (non-hydrogen) atoms. The summed E-state index contributed by atoms with van der Waals surface area (Å²) < 4.78 is 35.4. The first kappa shape index (κ1) is 13.2. The molecule has 0 spiro atoms. The fraction of sp³-hybridized carbons (Fsp3) is 0.538. The van der Waals surface area contributed by atoms with E-state index in [1.54, 1.807) is 6.07 Å². The molecule has 3 nitrogen and oxygen atoms in total. The first-order valence-corrected chi connectivity index (χ1v) is 5.93. The first-order valence-electron chi connectivity index (χ1n) is 5.93. The normalized spacial score (nSPS) is 21.2. The van der Waals surface area contributed by atoms with Crippen LogP contribution in [-0.2, 0) is 4.74 Å². The zero-order valence-electron chi connectivity index (χ0n) is 9.89. The van der Waals surface area contributed by atoms with Gasteiger partial charge in [-0.25, -0.2) is 8.78 Å². The van der Waals surface area contributed by atoms with E-state index in [2.05, 4.69) is 0 Å². The van der Waals surface area contributed by atoms with Crippen LogP contribution in [0.4, 0.5) is 8.78 Å². The Morgan fingerprint density at radius 1 is 1.44 bits per heavy atom. The molecule has 0 amide bonds. The standard InChI is InChI=1S/C13H16F2O3/c14-13(15)9-2-1-3-11(6-9)18-8-12(16)10-4-5-17-7-10/h1-3,6,10,12-13,16H,4-5,7-8H2. The molecule has 0 aromatic heterocycles. The predicted molar refractivity (Wildman–Crippen MR) is 61.8 cm³/mol. The van der Waals surface area contributed by atoms with Crippen molar-refractivity contribution in [1.29, 1.82) is 0 Å². The summed E-state index contributed by atoms with van der Waals surface area (Å²) in [5.74, 6) is 0.425. The number of rotatable bonds is 5. The van der Waals surface area contributed by atoms with Gasteiger partial charge in [0, 0.05) is 18.1 Å². The molecule has 2 atom stereocenters. The molecular formula is C13H16F2O3. The Morgan fingerprint density at radius 2 is 2.28 bits per heavy atom. The molecule has 2 unspecified atom stereocenters. The Bertz CT molecular complexity index is 378. The monoisotopic (exact) mass is 258 g/mol. The topological polar surface area (TPSA) is 38.7 Å². The molecule has 1 heterocycles. The average molecular weight is 258 g/mol. The van der Waals surface area contributed by atoms with Crippen LogP contribution in [0.2, 0.25) is 0 Å². The predicted octanol–water partition coefficient (Wildman–Crippen LogP) is 2.40. The lowest BCUT2D eigenvalue weighted by atomic mass is 10.0. The Morgan fingerprint density at radius 3 is 2.94 bits per heavy atom. The van der Waals surface area contributed by atoms with Crippen LogP contribution in [0.15, 0.2) is 24.3 Å². The molecule has 0 aliphatic carbocycles. The number of halogens is 2. The second-order valence-electron chi connectivity index (χ2n) is 4.38. The number of alkyl halides is 2. The van der Waals surface area contributed by atoms with E-state index < -0.39 is 12.5 Å². The van der Waals surface area contributed by atoms with Crippen LogP contribution < -0.4 is 4.74 Å². The van der Waals surface area contributed by atoms with Crippen LogP contribution in [-0.4, -0.2) is 31.0 Å². The minimum Gasteiger partial charge on any atom is -0.491 e. The van der Waals surface area contributed by atoms with Crippen LogP contribution in [0.25, 0.3) is 0 Å². The van der Waals surface area contributed by atoms with Gasteiger partial charge in [0.05, 0.1) is 12.7 Å². The third-order valence-electron chi connectivity index (χ3n) is 3.04. The quantitative estimate of drug-likeness (QED) is 0.881. The lowest BCUT2D eigenvalue weighted by Gasteiger charge is -2.17. The van der Waals surface area contributed by atoms with Crippen molar-refractivity contribution in [2.24, 2.45) is 5.92 Å². The van der Waals surface area contributed by atoms with E-state index in [0.717, 1.165) is 6.42 Å². The third kappa shape index (κ3) is 3.40. The number of hydrogen-bond acceptors (Lipinski definition) is 3. The highest BCUT2D eigenvalue weighted by atomic mass is 19.3. The van der Waals surface area contributed by atoms with Crippen molar-refractivity contribution < 1.29 is 23.4 Å². The Balaban J connectivity index is 1.87. The number of ether oxygens (including phenoxy) is 2. The van der Waals surface area contributed by atoms with Gasteiger partial charge in [-0.1, -0.05) is 12.1 Å². The van der Waals surface area contributed by atoms with Gasteiger partial charge in [0.15, 0.2) is 0 Å². The summed E-state index contributed by atoms with van der Waals surface area (Å²) in [4.78, 5) is 0. The van der Waals surface area contributed by atoms with E-state index >= 15 is 0 Å². The largest absolute Gasteiger partial charge is 0.491 e. The van der Waals surface area contributed by atoms with Crippen LogP contribution in [0.1, 0.15) is 18.4 Å². The molecule has 1 aromatic carbocycles. The molecule has 1 saturated heterocycles. The van der Waals surface area contributed by atoms with E-state index in [0.29, 0.717) is 19.0 Å². The van der Waals surface area contributed by atoms with Gasteiger partial charge in [0.25, 0.3) is 6.43 Å². The average Bonchev–Trinajstić information content (AvgIpc) is 2.90. The van der Waals surface area contributed by atoms with Gasteiger partial charge in [0.2, 0.25) is 0 Å².